The molecule has 0 saturated heterocycles. The van der Waals surface area contributed by atoms with E-state index < -0.39 is 11.7 Å². The minimum Gasteiger partial charge on any atom is -0.295 e. The lowest BCUT2D eigenvalue weighted by Crippen LogP contribution is -2.28. The monoisotopic (exact) mass is 394 g/mol. The van der Waals surface area contributed by atoms with Gasteiger partial charge in [-0.15, -0.1) is 0 Å². The van der Waals surface area contributed by atoms with Crippen molar-refractivity contribution in [1.29, 1.82) is 0 Å². The minimum atomic E-state index is -4.35. The summed E-state index contributed by atoms with van der Waals surface area (Å²) in [6, 6.07) is 17.7. The fraction of sp³-hybridized carbons (Fsp3) is 0.208. The van der Waals surface area contributed by atoms with Crippen LogP contribution in [0.3, 0.4) is 0 Å². The van der Waals surface area contributed by atoms with Crippen LogP contribution >= 0.6 is 0 Å². The second-order valence-corrected chi connectivity index (χ2v) is 7.24. The summed E-state index contributed by atoms with van der Waals surface area (Å²) in [7, 11) is 0. The van der Waals surface area contributed by atoms with Gasteiger partial charge >= 0.3 is 6.18 Å². The zero-order chi connectivity index (χ0) is 20.3. The van der Waals surface area contributed by atoms with Crippen LogP contribution in [0.15, 0.2) is 79.1 Å². The molecule has 0 N–H and O–H groups in total. The first-order valence-corrected chi connectivity index (χ1v) is 9.57. The maximum atomic E-state index is 13.0. The molecule has 5 heteroatoms. The Morgan fingerprint density at radius 1 is 0.862 bits per heavy atom. The molecule has 0 fully saturated rings. The van der Waals surface area contributed by atoms with E-state index in [1.807, 2.05) is 24.3 Å². The minimum absolute atomic E-state index is 0.527. The van der Waals surface area contributed by atoms with E-state index in [0.29, 0.717) is 11.1 Å². The zero-order valence-corrected chi connectivity index (χ0v) is 15.9. The van der Waals surface area contributed by atoms with Crippen LogP contribution in [-0.4, -0.2) is 23.0 Å². The summed E-state index contributed by atoms with van der Waals surface area (Å²) in [6.45, 7) is 2.50. The number of nitrogens with zero attached hydrogens (tertiary/aromatic N) is 2. The molecule has 3 aromatic rings. The highest BCUT2D eigenvalue weighted by Gasteiger charge is 2.30. The van der Waals surface area contributed by atoms with Crippen molar-refractivity contribution in [3.63, 3.8) is 0 Å². The van der Waals surface area contributed by atoms with Crippen molar-refractivity contribution in [3.8, 4) is 11.1 Å². The quantitative estimate of drug-likeness (QED) is 0.535. The fourth-order valence-corrected chi connectivity index (χ4v) is 3.63. The summed E-state index contributed by atoms with van der Waals surface area (Å²) < 4.78 is 39.0. The van der Waals surface area contributed by atoms with Crippen molar-refractivity contribution in [1.82, 2.24) is 9.88 Å². The molecule has 1 aliphatic rings. The third-order valence-corrected chi connectivity index (χ3v) is 5.16. The van der Waals surface area contributed by atoms with Crippen LogP contribution in [0.4, 0.5) is 13.2 Å². The number of halogens is 3. The first-order valence-electron chi connectivity index (χ1n) is 9.57. The molecular weight excluding hydrogens is 373 g/mol. The van der Waals surface area contributed by atoms with Gasteiger partial charge in [0.2, 0.25) is 0 Å². The molecule has 1 aliphatic heterocycles. The molecule has 0 saturated carbocycles. The average molecular weight is 394 g/mol. The summed E-state index contributed by atoms with van der Waals surface area (Å²) >= 11 is 0. The molecule has 0 atom stereocenters. The molecule has 148 valence electrons. The molecule has 0 bridgehead atoms. The normalized spacial score (nSPS) is 15.2. The van der Waals surface area contributed by atoms with Crippen molar-refractivity contribution in [2.45, 2.75) is 19.1 Å². The first kappa shape index (κ1) is 19.4. The first-order chi connectivity index (χ1) is 14.0. The van der Waals surface area contributed by atoms with Gasteiger partial charge in [-0.05, 0) is 46.9 Å². The maximum Gasteiger partial charge on any atom is 0.416 e. The van der Waals surface area contributed by atoms with E-state index in [1.54, 1.807) is 18.5 Å². The number of rotatable bonds is 4. The molecule has 29 heavy (non-hydrogen) atoms. The van der Waals surface area contributed by atoms with Crippen molar-refractivity contribution in [2.24, 2.45) is 0 Å². The van der Waals surface area contributed by atoms with E-state index in [4.69, 9.17) is 0 Å². The third-order valence-electron chi connectivity index (χ3n) is 5.16. The summed E-state index contributed by atoms with van der Waals surface area (Å²) in [4.78, 5) is 6.58. The number of aromatic nitrogens is 1. The van der Waals surface area contributed by atoms with Gasteiger partial charge in [-0.2, -0.15) is 13.2 Å². The zero-order valence-electron chi connectivity index (χ0n) is 15.9. The second kappa shape index (κ2) is 8.21. The fourth-order valence-electron chi connectivity index (χ4n) is 3.63. The molecule has 0 radical (unpaired) electrons. The number of hydrogen-bond donors (Lipinski definition) is 0. The SMILES string of the molecule is FC(F)(F)c1cccc(-c2cncc(CN3CC=C(c4ccccc4)CC3)c2)c1. The highest BCUT2D eigenvalue weighted by molar-refractivity contribution is 5.66. The molecule has 2 nitrogen and oxygen atoms in total. The maximum absolute atomic E-state index is 13.0. The van der Waals surface area contributed by atoms with E-state index in [-0.39, 0.29) is 0 Å². The Kier molecular flexibility index (Phi) is 5.49. The molecule has 2 heterocycles. The smallest absolute Gasteiger partial charge is 0.295 e. The Morgan fingerprint density at radius 2 is 1.66 bits per heavy atom. The molecule has 4 rings (SSSR count). The summed E-state index contributed by atoms with van der Waals surface area (Å²) in [6.07, 6.45) is 2.28. The number of alkyl halides is 3. The van der Waals surface area contributed by atoms with Crippen LogP contribution in [-0.2, 0) is 12.7 Å². The Morgan fingerprint density at radius 3 is 2.38 bits per heavy atom. The predicted octanol–water partition coefficient (Wildman–Crippen LogP) is 6.06. The molecule has 0 unspecified atom stereocenters. The highest BCUT2D eigenvalue weighted by Crippen LogP contribution is 2.32. The Balaban J connectivity index is 1.47. The molecule has 0 aliphatic carbocycles. The number of pyridine rings is 1. The van der Waals surface area contributed by atoms with Crippen LogP contribution in [0.2, 0.25) is 0 Å². The van der Waals surface area contributed by atoms with Gasteiger partial charge in [-0.25, -0.2) is 0 Å². The molecule has 1 aromatic heterocycles. The number of benzene rings is 2. The van der Waals surface area contributed by atoms with Gasteiger partial charge in [0, 0.05) is 37.6 Å². The van der Waals surface area contributed by atoms with Crippen molar-refractivity contribution < 1.29 is 13.2 Å². The Bertz CT molecular complexity index is 1010. The largest absolute Gasteiger partial charge is 0.416 e. The standard InChI is InChI=1S/C24H21F3N2/c25-24(26,27)23-8-4-7-21(14-23)22-13-18(15-28-16-22)17-29-11-9-20(10-12-29)19-5-2-1-3-6-19/h1-9,13-16H,10-12,17H2. The Hall–Kier alpha value is -2.92. The number of hydrogen-bond acceptors (Lipinski definition) is 2. The molecule has 0 amide bonds. The topological polar surface area (TPSA) is 16.1 Å². The lowest BCUT2D eigenvalue weighted by molar-refractivity contribution is -0.137. The van der Waals surface area contributed by atoms with Crippen LogP contribution in [0.25, 0.3) is 16.7 Å². The van der Waals surface area contributed by atoms with Crippen LogP contribution in [0.1, 0.15) is 23.1 Å². The van der Waals surface area contributed by atoms with Crippen LogP contribution < -0.4 is 0 Å². The molecular formula is C24H21F3N2. The van der Waals surface area contributed by atoms with Crippen molar-refractivity contribution in [3.05, 3.63) is 95.8 Å². The summed E-state index contributed by atoms with van der Waals surface area (Å²) in [5, 5.41) is 0. The van der Waals surface area contributed by atoms with E-state index >= 15 is 0 Å². The van der Waals surface area contributed by atoms with Crippen molar-refractivity contribution in [2.75, 3.05) is 13.1 Å². The second-order valence-electron chi connectivity index (χ2n) is 7.24. The van der Waals surface area contributed by atoms with Crippen LogP contribution in [0, 0.1) is 0 Å². The third kappa shape index (κ3) is 4.74. The van der Waals surface area contributed by atoms with Gasteiger partial charge in [-0.3, -0.25) is 9.88 Å². The van der Waals surface area contributed by atoms with Crippen molar-refractivity contribution >= 4 is 5.57 Å². The highest BCUT2D eigenvalue weighted by atomic mass is 19.4. The van der Waals surface area contributed by atoms with E-state index in [2.05, 4.69) is 28.1 Å². The summed E-state index contributed by atoms with van der Waals surface area (Å²) in [5.74, 6) is 0. The van der Waals surface area contributed by atoms with E-state index in [0.717, 1.165) is 37.7 Å². The predicted molar refractivity (Wildman–Crippen MR) is 109 cm³/mol. The van der Waals surface area contributed by atoms with Gasteiger partial charge < -0.3 is 0 Å². The van der Waals surface area contributed by atoms with Gasteiger partial charge in [-0.1, -0.05) is 48.5 Å². The molecule has 2 aromatic carbocycles. The Labute approximate surface area is 168 Å². The van der Waals surface area contributed by atoms with Crippen LogP contribution in [0.5, 0.6) is 0 Å². The van der Waals surface area contributed by atoms with Gasteiger partial charge in [0.15, 0.2) is 0 Å². The summed E-state index contributed by atoms with van der Waals surface area (Å²) in [5.41, 5.74) is 4.20. The lowest BCUT2D eigenvalue weighted by atomic mass is 9.99. The molecule has 0 spiro atoms. The average Bonchev–Trinajstić information content (AvgIpc) is 2.75. The van der Waals surface area contributed by atoms with E-state index in [9.17, 15) is 13.2 Å². The van der Waals surface area contributed by atoms with Gasteiger partial charge in [0.1, 0.15) is 0 Å². The van der Waals surface area contributed by atoms with Gasteiger partial charge in [0.05, 0.1) is 5.56 Å². The van der Waals surface area contributed by atoms with Gasteiger partial charge in [0.25, 0.3) is 0 Å². The lowest BCUT2D eigenvalue weighted by Gasteiger charge is -2.26. The van der Waals surface area contributed by atoms with E-state index in [1.165, 1.54) is 23.3 Å².